The maximum absolute atomic E-state index is 11.0. The molecule has 0 rings (SSSR count). The lowest BCUT2D eigenvalue weighted by Gasteiger charge is -2.11. The van der Waals surface area contributed by atoms with E-state index in [9.17, 15) is 9.59 Å². The van der Waals surface area contributed by atoms with E-state index in [1.165, 1.54) is 0 Å². The number of carboxylic acids is 1. The van der Waals surface area contributed by atoms with E-state index in [4.69, 9.17) is 11.5 Å². The Morgan fingerprint density at radius 1 is 1.57 bits per heavy atom. The minimum atomic E-state index is -0.943. The maximum Gasteiger partial charge on any atom is 0.315 e. The van der Waals surface area contributed by atoms with Gasteiger partial charge in [-0.1, -0.05) is 0 Å². The fraction of sp³-hybridized carbons (Fsp3) is 0.556. The van der Waals surface area contributed by atoms with Crippen LogP contribution in [0.25, 0.3) is 0 Å². The number of hydrogen-bond acceptors (Lipinski definition) is 2. The van der Waals surface area contributed by atoms with Gasteiger partial charge in [-0.25, -0.2) is 4.79 Å². The summed E-state index contributed by atoms with van der Waals surface area (Å²) in [6, 6.07) is -0.785. The van der Waals surface area contributed by atoms with Crippen LogP contribution in [0, 0.1) is 12.3 Å². The van der Waals surface area contributed by atoms with Crippen LogP contribution in [0.4, 0.5) is 4.79 Å². The molecular weight excluding hydrogens is 184 g/mol. The van der Waals surface area contributed by atoms with Gasteiger partial charge in [-0.2, -0.15) is 0 Å². The van der Waals surface area contributed by atoms with Crippen molar-refractivity contribution >= 4 is 12.0 Å². The quantitative estimate of drug-likeness (QED) is 0.435. The molecule has 5 heteroatoms. The third-order valence-electron chi connectivity index (χ3n) is 1.41. The van der Waals surface area contributed by atoms with Crippen molar-refractivity contribution in [3.05, 3.63) is 0 Å². The number of carboxylic acid groups (broad SMARTS) is 1. The van der Waals surface area contributed by atoms with Gasteiger partial charge >= 0.3 is 12.0 Å². The maximum atomic E-state index is 11.0. The van der Waals surface area contributed by atoms with Crippen LogP contribution in [0.15, 0.2) is 0 Å². The second-order valence-electron chi connectivity index (χ2n) is 2.85. The van der Waals surface area contributed by atoms with Crippen LogP contribution in [-0.4, -0.2) is 29.7 Å². The Morgan fingerprint density at radius 3 is 2.71 bits per heavy atom. The molecule has 2 amide bonds. The predicted molar refractivity (Wildman–Crippen MR) is 51.7 cm³/mol. The number of hydrogen-bond donors (Lipinski definition) is 3. The van der Waals surface area contributed by atoms with Crippen molar-refractivity contribution in [2.45, 2.75) is 25.8 Å². The third-order valence-corrected chi connectivity index (χ3v) is 1.41. The Labute approximate surface area is 82.9 Å². The molecule has 0 aliphatic rings. The molecule has 0 aliphatic heterocycles. The van der Waals surface area contributed by atoms with E-state index < -0.39 is 18.0 Å². The van der Waals surface area contributed by atoms with Crippen molar-refractivity contribution in [2.24, 2.45) is 0 Å². The molecule has 0 bridgehead atoms. The zero-order valence-corrected chi connectivity index (χ0v) is 8.04. The third kappa shape index (κ3) is 6.98. The predicted octanol–water partition coefficient (Wildman–Crippen LogP) is 0.172. The molecule has 0 aromatic carbocycles. The van der Waals surface area contributed by atoms with E-state index in [1.54, 1.807) is 6.92 Å². The number of carbonyl (C=O) groups excluding carboxylic acids is 1. The van der Waals surface area contributed by atoms with Crippen LogP contribution in [0.3, 0.4) is 0 Å². The van der Waals surface area contributed by atoms with Crippen molar-refractivity contribution in [3.8, 4) is 12.3 Å². The highest BCUT2D eigenvalue weighted by atomic mass is 16.4. The minimum absolute atomic E-state index is 0.0947. The number of aliphatic carboxylic acids is 1. The second kappa shape index (κ2) is 6.78. The van der Waals surface area contributed by atoms with Gasteiger partial charge in [-0.3, -0.25) is 4.79 Å². The highest BCUT2D eigenvalue weighted by Crippen LogP contribution is 1.89. The SMILES string of the molecule is C#CCCNC(=O)NC(C)CC(=O)O. The van der Waals surface area contributed by atoms with Gasteiger partial charge in [0.25, 0.3) is 0 Å². The lowest BCUT2D eigenvalue weighted by Crippen LogP contribution is -2.41. The smallest absolute Gasteiger partial charge is 0.315 e. The van der Waals surface area contributed by atoms with Gasteiger partial charge in [0.1, 0.15) is 0 Å². The lowest BCUT2D eigenvalue weighted by atomic mass is 10.2. The Hall–Kier alpha value is -1.70. The minimum Gasteiger partial charge on any atom is -0.481 e. The fourth-order valence-corrected chi connectivity index (χ4v) is 0.836. The molecule has 0 radical (unpaired) electrons. The molecule has 0 spiro atoms. The van der Waals surface area contributed by atoms with E-state index in [2.05, 4.69) is 16.6 Å². The molecule has 78 valence electrons. The highest BCUT2D eigenvalue weighted by Gasteiger charge is 2.09. The monoisotopic (exact) mass is 198 g/mol. The molecule has 1 atom stereocenters. The van der Waals surface area contributed by atoms with Crippen molar-refractivity contribution in [2.75, 3.05) is 6.54 Å². The van der Waals surface area contributed by atoms with Crippen LogP contribution in [0.2, 0.25) is 0 Å². The molecule has 0 saturated heterocycles. The normalized spacial score (nSPS) is 11.1. The molecule has 0 aliphatic carbocycles. The Kier molecular flexibility index (Phi) is 5.95. The van der Waals surface area contributed by atoms with Gasteiger partial charge in [0.15, 0.2) is 0 Å². The topological polar surface area (TPSA) is 78.4 Å². The molecule has 0 aromatic heterocycles. The summed E-state index contributed by atoms with van der Waals surface area (Å²) in [6.45, 7) is 2.01. The van der Waals surface area contributed by atoms with E-state index in [0.717, 1.165) is 0 Å². The molecule has 0 aromatic rings. The molecule has 5 nitrogen and oxygen atoms in total. The number of carbonyl (C=O) groups is 2. The molecule has 1 unspecified atom stereocenters. The summed E-state index contributed by atoms with van der Waals surface area (Å²) >= 11 is 0. The summed E-state index contributed by atoms with van der Waals surface area (Å²) in [6.07, 6.45) is 5.35. The van der Waals surface area contributed by atoms with Crippen molar-refractivity contribution < 1.29 is 14.7 Å². The molecule has 14 heavy (non-hydrogen) atoms. The summed E-state index contributed by atoms with van der Waals surface area (Å²) in [7, 11) is 0. The van der Waals surface area contributed by atoms with Crippen LogP contribution < -0.4 is 10.6 Å². The summed E-state index contributed by atoms with van der Waals surface area (Å²) in [5.74, 6) is 1.43. The van der Waals surface area contributed by atoms with Gasteiger partial charge < -0.3 is 15.7 Å². The first kappa shape index (κ1) is 12.3. The first-order valence-corrected chi connectivity index (χ1v) is 4.26. The lowest BCUT2D eigenvalue weighted by molar-refractivity contribution is -0.137. The number of terminal acetylenes is 1. The summed E-state index contributed by atoms with van der Waals surface area (Å²) in [4.78, 5) is 21.3. The number of rotatable bonds is 5. The van der Waals surface area contributed by atoms with Gasteiger partial charge in [0.2, 0.25) is 0 Å². The largest absolute Gasteiger partial charge is 0.481 e. The van der Waals surface area contributed by atoms with Gasteiger partial charge in [-0.05, 0) is 6.92 Å². The number of nitrogens with one attached hydrogen (secondary N) is 2. The molecule has 3 N–H and O–H groups in total. The Morgan fingerprint density at radius 2 is 2.21 bits per heavy atom. The number of amides is 2. The van der Waals surface area contributed by atoms with E-state index >= 15 is 0 Å². The Balaban J connectivity index is 3.61. The molecule has 0 saturated carbocycles. The Bertz CT molecular complexity index is 245. The first-order chi connectivity index (χ1) is 6.56. The second-order valence-corrected chi connectivity index (χ2v) is 2.85. The van der Waals surface area contributed by atoms with Crippen LogP contribution in [0.5, 0.6) is 0 Å². The van der Waals surface area contributed by atoms with Crippen molar-refractivity contribution in [3.63, 3.8) is 0 Å². The summed E-state index contributed by atoms with van der Waals surface area (Å²) < 4.78 is 0. The van der Waals surface area contributed by atoms with Crippen LogP contribution in [0.1, 0.15) is 19.8 Å². The van der Waals surface area contributed by atoms with E-state index in [-0.39, 0.29) is 6.42 Å². The van der Waals surface area contributed by atoms with Crippen molar-refractivity contribution in [1.29, 1.82) is 0 Å². The zero-order chi connectivity index (χ0) is 11.0. The van der Waals surface area contributed by atoms with E-state index in [1.807, 2.05) is 0 Å². The highest BCUT2D eigenvalue weighted by molar-refractivity contribution is 5.75. The fourth-order valence-electron chi connectivity index (χ4n) is 0.836. The molecular formula is C9H14N2O3. The average molecular weight is 198 g/mol. The molecule has 0 heterocycles. The average Bonchev–Trinajstić information content (AvgIpc) is 2.02. The number of urea groups is 1. The summed E-state index contributed by atoms with van der Waals surface area (Å²) in [5.41, 5.74) is 0. The van der Waals surface area contributed by atoms with Gasteiger partial charge in [0, 0.05) is 19.0 Å². The zero-order valence-electron chi connectivity index (χ0n) is 8.04. The summed E-state index contributed by atoms with van der Waals surface area (Å²) in [5, 5.41) is 13.4. The van der Waals surface area contributed by atoms with Crippen LogP contribution in [-0.2, 0) is 4.79 Å². The standard InChI is InChI=1S/C9H14N2O3/c1-3-4-5-10-9(14)11-7(2)6-8(12)13/h1,7H,4-6H2,2H3,(H,12,13)(H2,10,11,14). The van der Waals surface area contributed by atoms with E-state index in [0.29, 0.717) is 13.0 Å². The van der Waals surface area contributed by atoms with Gasteiger partial charge in [-0.15, -0.1) is 12.3 Å². The first-order valence-electron chi connectivity index (χ1n) is 4.26. The van der Waals surface area contributed by atoms with Crippen LogP contribution >= 0.6 is 0 Å². The van der Waals surface area contributed by atoms with Gasteiger partial charge in [0.05, 0.1) is 6.42 Å². The van der Waals surface area contributed by atoms with Crippen molar-refractivity contribution in [1.82, 2.24) is 10.6 Å². The molecule has 0 fully saturated rings.